The van der Waals surface area contributed by atoms with Gasteiger partial charge in [-0.15, -0.1) is 0 Å². The predicted molar refractivity (Wildman–Crippen MR) is 155 cm³/mol. The van der Waals surface area contributed by atoms with Gasteiger partial charge < -0.3 is 19.1 Å². The number of fused-ring (bicyclic) bond motifs is 1. The maximum atomic E-state index is 14.4. The Hall–Kier alpha value is -4.13. The van der Waals surface area contributed by atoms with Crippen LogP contribution in [-0.2, 0) is 17.6 Å². The molecule has 0 unspecified atom stereocenters. The lowest BCUT2D eigenvalue weighted by molar-refractivity contribution is 0.0595. The number of benzene rings is 4. The molecule has 0 bridgehead atoms. The zero-order chi connectivity index (χ0) is 28.1. The van der Waals surface area contributed by atoms with Crippen LogP contribution in [0.2, 0.25) is 5.02 Å². The predicted octanol–water partition coefficient (Wildman–Crippen LogP) is 7.01. The number of aromatic nitrogens is 1. The van der Waals surface area contributed by atoms with E-state index in [0.29, 0.717) is 23.6 Å². The molecule has 0 aliphatic carbocycles. The molecule has 1 N–H and O–H groups in total. The lowest BCUT2D eigenvalue weighted by atomic mass is 9.97. The highest BCUT2D eigenvalue weighted by atomic mass is 35.5. The van der Waals surface area contributed by atoms with E-state index in [-0.39, 0.29) is 24.8 Å². The highest BCUT2D eigenvalue weighted by molar-refractivity contribution is 6.31. The zero-order valence-corrected chi connectivity index (χ0v) is 22.8. The van der Waals surface area contributed by atoms with E-state index >= 15 is 0 Å². The summed E-state index contributed by atoms with van der Waals surface area (Å²) in [7, 11) is 1.21. The summed E-state index contributed by atoms with van der Waals surface area (Å²) in [6.45, 7) is 0.219. The average molecular weight is 558 g/mol. The van der Waals surface area contributed by atoms with E-state index in [1.807, 2.05) is 54.6 Å². The second-order valence-corrected chi connectivity index (χ2v) is 9.82. The van der Waals surface area contributed by atoms with Gasteiger partial charge in [0.1, 0.15) is 11.6 Å². The molecule has 0 aliphatic rings. The van der Waals surface area contributed by atoms with E-state index in [4.69, 9.17) is 16.3 Å². The topological polar surface area (TPSA) is 60.7 Å². The Bertz CT molecular complexity index is 1580. The summed E-state index contributed by atoms with van der Waals surface area (Å²) in [5, 5.41) is 11.7. The smallest absolute Gasteiger partial charge is 0.340 e. The van der Waals surface area contributed by atoms with E-state index in [9.17, 15) is 14.3 Å². The number of nitrogens with zero attached hydrogens (tertiary/aromatic N) is 1. The number of ether oxygens (including phenoxy) is 2. The van der Waals surface area contributed by atoms with Crippen LogP contribution < -0.4 is 4.74 Å². The molecular weight excluding hydrogens is 529 g/mol. The number of carbonyl (C=O) groups excluding carboxylic acids is 1. The lowest BCUT2D eigenvalue weighted by Gasteiger charge is -2.24. The molecule has 0 aliphatic heterocycles. The van der Waals surface area contributed by atoms with Crippen molar-refractivity contribution in [2.45, 2.75) is 18.9 Å². The number of aliphatic hydroxyl groups is 1. The van der Waals surface area contributed by atoms with Gasteiger partial charge in [-0.3, -0.25) is 0 Å². The van der Waals surface area contributed by atoms with E-state index in [2.05, 4.69) is 33.6 Å². The number of aliphatic hydroxyl groups excluding tert-OH is 1. The molecule has 0 fully saturated rings. The molecule has 0 amide bonds. The molecule has 40 heavy (non-hydrogen) atoms. The first-order valence-corrected chi connectivity index (χ1v) is 13.4. The molecule has 0 spiro atoms. The van der Waals surface area contributed by atoms with E-state index in [0.717, 1.165) is 33.3 Å². The zero-order valence-electron chi connectivity index (χ0n) is 22.0. The normalized spacial score (nSPS) is 11.2. The third-order valence-corrected chi connectivity index (χ3v) is 7.22. The number of carbonyl (C=O) groups is 1. The number of hydrogen-bond acceptors (Lipinski definition) is 4. The molecule has 0 radical (unpaired) electrons. The van der Waals surface area contributed by atoms with Crippen molar-refractivity contribution in [3.8, 4) is 5.75 Å². The van der Waals surface area contributed by atoms with E-state index in [1.54, 1.807) is 6.07 Å². The Morgan fingerprint density at radius 2 is 1.60 bits per heavy atom. The van der Waals surface area contributed by atoms with Gasteiger partial charge in [0.25, 0.3) is 0 Å². The Labute approximate surface area is 237 Å². The van der Waals surface area contributed by atoms with Crippen LogP contribution in [0.15, 0.2) is 97.1 Å². The van der Waals surface area contributed by atoms with Crippen LogP contribution in [0.1, 0.15) is 38.8 Å². The van der Waals surface area contributed by atoms with Crippen LogP contribution in [0, 0.1) is 5.82 Å². The van der Waals surface area contributed by atoms with Gasteiger partial charge in [-0.25, -0.2) is 9.18 Å². The van der Waals surface area contributed by atoms with Gasteiger partial charge in [-0.2, -0.15) is 0 Å². The fourth-order valence-corrected chi connectivity index (χ4v) is 5.42. The van der Waals surface area contributed by atoms with Gasteiger partial charge in [-0.05, 0) is 47.0 Å². The van der Waals surface area contributed by atoms with Crippen LogP contribution >= 0.6 is 11.6 Å². The van der Waals surface area contributed by atoms with Gasteiger partial charge >= 0.3 is 5.97 Å². The first-order chi connectivity index (χ1) is 19.5. The second kappa shape index (κ2) is 12.4. The number of hydrogen-bond donors (Lipinski definition) is 1. The van der Waals surface area contributed by atoms with E-state index < -0.39 is 11.8 Å². The number of rotatable bonds is 10. The molecule has 1 heterocycles. The molecule has 0 atom stereocenters. The summed E-state index contributed by atoms with van der Waals surface area (Å²) < 4.78 is 27.3. The highest BCUT2D eigenvalue weighted by Crippen LogP contribution is 2.37. The van der Waals surface area contributed by atoms with Gasteiger partial charge in [0.05, 0.1) is 25.3 Å². The second-order valence-electron chi connectivity index (χ2n) is 9.39. The summed E-state index contributed by atoms with van der Waals surface area (Å²) >= 11 is 6.47. The third kappa shape index (κ3) is 5.60. The number of halogens is 2. The molecule has 0 saturated heterocycles. The van der Waals surface area contributed by atoms with Gasteiger partial charge in [0.2, 0.25) is 0 Å². The molecule has 7 heteroatoms. The lowest BCUT2D eigenvalue weighted by Crippen LogP contribution is -2.17. The highest BCUT2D eigenvalue weighted by Gasteiger charge is 2.25. The fourth-order valence-electron chi connectivity index (χ4n) is 5.25. The minimum Gasteiger partial charge on any atom is -0.493 e. The summed E-state index contributed by atoms with van der Waals surface area (Å²) in [5.41, 5.74) is 5.07. The molecule has 204 valence electrons. The molecule has 4 aromatic carbocycles. The largest absolute Gasteiger partial charge is 0.493 e. The summed E-state index contributed by atoms with van der Waals surface area (Å²) in [4.78, 5) is 11.7. The van der Waals surface area contributed by atoms with Gasteiger partial charge in [-0.1, -0.05) is 72.3 Å². The van der Waals surface area contributed by atoms with Crippen molar-refractivity contribution in [1.82, 2.24) is 4.57 Å². The fraction of sp³-hybridized carbons (Fsp3) is 0.182. The maximum absolute atomic E-state index is 14.4. The first kappa shape index (κ1) is 27.4. The molecular formula is C33H29ClFNO4. The van der Waals surface area contributed by atoms with Gasteiger partial charge in [0, 0.05) is 47.1 Å². The summed E-state index contributed by atoms with van der Waals surface area (Å²) in [6.07, 6.45) is 0.927. The Morgan fingerprint density at radius 1 is 0.925 bits per heavy atom. The first-order valence-electron chi connectivity index (χ1n) is 13.0. The van der Waals surface area contributed by atoms with Crippen molar-refractivity contribution >= 4 is 28.5 Å². The molecule has 5 rings (SSSR count). The average Bonchev–Trinajstić information content (AvgIpc) is 3.26. The Morgan fingerprint density at radius 3 is 2.20 bits per heavy atom. The third-order valence-electron chi connectivity index (χ3n) is 6.99. The minimum atomic E-state index is -0.742. The molecule has 5 nitrogen and oxygen atoms in total. The molecule has 0 saturated carbocycles. The van der Waals surface area contributed by atoms with Crippen molar-refractivity contribution in [2.75, 3.05) is 20.3 Å². The summed E-state index contributed by atoms with van der Waals surface area (Å²) in [5.74, 6) is -1.14. The van der Waals surface area contributed by atoms with Crippen LogP contribution in [0.5, 0.6) is 5.75 Å². The molecule has 1 aromatic heterocycles. The van der Waals surface area contributed by atoms with Crippen LogP contribution in [0.25, 0.3) is 10.9 Å². The van der Waals surface area contributed by atoms with Crippen molar-refractivity contribution in [1.29, 1.82) is 0 Å². The molecule has 5 aromatic rings. The quantitative estimate of drug-likeness (QED) is 0.188. The number of methoxy groups -OCH3 is 1. The van der Waals surface area contributed by atoms with E-state index in [1.165, 1.54) is 19.2 Å². The Kier molecular flexibility index (Phi) is 8.48. The van der Waals surface area contributed by atoms with Gasteiger partial charge in [0.15, 0.2) is 0 Å². The monoisotopic (exact) mass is 557 g/mol. The number of esters is 1. The maximum Gasteiger partial charge on any atom is 0.340 e. The minimum absolute atomic E-state index is 0.0333. The van der Waals surface area contributed by atoms with Crippen LogP contribution in [0.3, 0.4) is 0 Å². The van der Waals surface area contributed by atoms with Crippen molar-refractivity contribution in [3.05, 3.63) is 136 Å². The van der Waals surface area contributed by atoms with Crippen molar-refractivity contribution in [3.63, 3.8) is 0 Å². The Balaban J connectivity index is 1.57. The SMILES string of the molecule is COC(=O)c1ccc(OCCc2c(CCO)n(C(c3ccccc3)c3ccccc3)c3ccc(Cl)cc23)cc1F. The van der Waals surface area contributed by atoms with Crippen molar-refractivity contribution in [2.24, 2.45) is 0 Å². The van der Waals surface area contributed by atoms with Crippen LogP contribution in [0.4, 0.5) is 4.39 Å². The van der Waals surface area contributed by atoms with Crippen LogP contribution in [-0.4, -0.2) is 36.0 Å². The standard InChI is InChI=1S/C33H29ClFNO4/c1-39-33(38)27-14-13-25(21-29(27)35)40-19-17-26-28-20-24(34)12-15-30(28)36(31(26)16-18-37)32(22-8-4-2-5-9-22)23-10-6-3-7-11-23/h2-15,20-21,32,37H,16-19H2,1H3. The van der Waals surface area contributed by atoms with Crippen molar-refractivity contribution < 1.29 is 23.8 Å². The summed E-state index contributed by atoms with van der Waals surface area (Å²) in [6, 6.07) is 30.3.